The molecule has 7 nitrogen and oxygen atoms in total. The molecule has 3 aromatic rings. The highest BCUT2D eigenvalue weighted by atomic mass is 32.1. The minimum atomic E-state index is -4.90. The van der Waals surface area contributed by atoms with Crippen molar-refractivity contribution in [2.75, 3.05) is 5.32 Å². The number of hydrogen-bond acceptors (Lipinski definition) is 7. The van der Waals surface area contributed by atoms with Gasteiger partial charge in [-0.25, -0.2) is 0 Å². The largest absolute Gasteiger partial charge is 0.460 e. The molecule has 11 heteroatoms. The number of carbonyl (C=O) groups excluding carboxylic acids is 1. The predicted octanol–water partition coefficient (Wildman–Crippen LogP) is 4.73. The fourth-order valence-corrected chi connectivity index (χ4v) is 2.84. The number of nitrogens with one attached hydrogen (secondary N) is 1. The number of rotatable bonds is 5. The highest BCUT2D eigenvalue weighted by Crippen LogP contribution is 2.37. The lowest BCUT2D eigenvalue weighted by Crippen LogP contribution is -2.16. The first-order chi connectivity index (χ1) is 13.7. The maximum Gasteiger partial charge on any atom is 0.450 e. The number of hydrogen-bond donors (Lipinski definition) is 1. The average molecular weight is 422 g/mol. The Hall–Kier alpha value is -3.39. The fourth-order valence-electron chi connectivity index (χ4n) is 2.34. The molecule has 0 saturated carbocycles. The Morgan fingerprint density at radius 2 is 2.10 bits per heavy atom. The molecule has 2 aromatic heterocycles. The molecule has 2 heterocycles. The van der Waals surface area contributed by atoms with Gasteiger partial charge in [-0.3, -0.25) is 10.1 Å². The second-order valence-electron chi connectivity index (χ2n) is 6.05. The lowest BCUT2D eigenvalue weighted by Gasteiger charge is -2.05. The Morgan fingerprint density at radius 3 is 2.76 bits per heavy atom. The summed E-state index contributed by atoms with van der Waals surface area (Å²) in [4.78, 5) is 16.4. The number of carbonyl (C=O) groups is 1. The van der Waals surface area contributed by atoms with Gasteiger partial charge in [-0.2, -0.15) is 23.4 Å². The highest BCUT2D eigenvalue weighted by Gasteiger charge is 2.40. The molecule has 0 aliphatic carbocycles. The number of furan rings is 1. The second kappa shape index (κ2) is 7.92. The van der Waals surface area contributed by atoms with E-state index in [1.54, 1.807) is 13.8 Å². The fraction of sp³-hybridized carbons (Fsp3) is 0.222. The lowest BCUT2D eigenvalue weighted by molar-refractivity contribution is -0.153. The molecule has 3 rings (SSSR count). The molecule has 0 radical (unpaired) electrons. The van der Waals surface area contributed by atoms with Crippen LogP contribution < -0.4 is 10.1 Å². The van der Waals surface area contributed by atoms with Crippen LogP contribution >= 0.6 is 11.5 Å². The molecule has 0 unspecified atom stereocenters. The zero-order valence-corrected chi connectivity index (χ0v) is 15.9. The Morgan fingerprint density at radius 1 is 1.34 bits per heavy atom. The van der Waals surface area contributed by atoms with Crippen LogP contribution in [0.25, 0.3) is 11.3 Å². The van der Waals surface area contributed by atoms with Crippen LogP contribution in [0.4, 0.5) is 18.3 Å². The van der Waals surface area contributed by atoms with E-state index in [4.69, 9.17) is 14.4 Å². The first-order valence-corrected chi connectivity index (χ1v) is 8.98. The van der Waals surface area contributed by atoms with E-state index in [0.29, 0.717) is 0 Å². The van der Waals surface area contributed by atoms with Crippen molar-refractivity contribution in [2.45, 2.75) is 26.1 Å². The standard InChI is InChI=1S/C18H13F3N4O3S/c1-9(2)27-16-24-17(29-25-16)23-15(26)12-7-13(28-14(12)18(19,20)21)11-5-3-4-10(6-11)8-22/h3-7,9H,1-2H3,(H,23,24,25,26). The van der Waals surface area contributed by atoms with E-state index in [-0.39, 0.29) is 34.1 Å². The Balaban J connectivity index is 1.93. The topological polar surface area (TPSA) is 101 Å². The van der Waals surface area contributed by atoms with Gasteiger partial charge in [0.05, 0.1) is 23.3 Å². The van der Waals surface area contributed by atoms with Gasteiger partial charge in [-0.1, -0.05) is 12.1 Å². The first kappa shape index (κ1) is 20.3. The van der Waals surface area contributed by atoms with Gasteiger partial charge in [0.25, 0.3) is 5.91 Å². The van der Waals surface area contributed by atoms with Crippen LogP contribution in [-0.4, -0.2) is 21.4 Å². The molecule has 29 heavy (non-hydrogen) atoms. The van der Waals surface area contributed by atoms with E-state index in [2.05, 4.69) is 14.7 Å². The van der Waals surface area contributed by atoms with Gasteiger partial charge in [0.15, 0.2) is 0 Å². The van der Waals surface area contributed by atoms with E-state index < -0.39 is 23.4 Å². The van der Waals surface area contributed by atoms with Crippen LogP contribution in [-0.2, 0) is 6.18 Å². The molecule has 0 saturated heterocycles. The van der Waals surface area contributed by atoms with Crippen molar-refractivity contribution >= 4 is 22.6 Å². The number of alkyl halides is 3. The van der Waals surface area contributed by atoms with Gasteiger partial charge in [0.1, 0.15) is 5.76 Å². The van der Waals surface area contributed by atoms with Gasteiger partial charge < -0.3 is 9.15 Å². The summed E-state index contributed by atoms with van der Waals surface area (Å²) >= 11 is 0.770. The van der Waals surface area contributed by atoms with Gasteiger partial charge in [-0.15, -0.1) is 4.37 Å². The van der Waals surface area contributed by atoms with Crippen molar-refractivity contribution in [3.63, 3.8) is 0 Å². The summed E-state index contributed by atoms with van der Waals surface area (Å²) in [5.74, 6) is -2.70. The minimum Gasteiger partial charge on any atom is -0.460 e. The first-order valence-electron chi connectivity index (χ1n) is 8.20. The lowest BCUT2D eigenvalue weighted by atomic mass is 10.1. The van der Waals surface area contributed by atoms with Crippen molar-refractivity contribution in [3.8, 4) is 23.4 Å². The van der Waals surface area contributed by atoms with E-state index in [9.17, 15) is 18.0 Å². The van der Waals surface area contributed by atoms with Crippen LogP contribution in [0.2, 0.25) is 0 Å². The maximum atomic E-state index is 13.4. The third kappa shape index (κ3) is 4.72. The molecule has 150 valence electrons. The summed E-state index contributed by atoms with van der Waals surface area (Å²) in [5.41, 5.74) is -0.237. The number of amides is 1. The van der Waals surface area contributed by atoms with E-state index in [0.717, 1.165) is 17.6 Å². The molecule has 1 N–H and O–H groups in total. The molecule has 0 bridgehead atoms. The van der Waals surface area contributed by atoms with Crippen molar-refractivity contribution in [3.05, 3.63) is 47.2 Å². The zero-order chi connectivity index (χ0) is 21.2. The summed E-state index contributed by atoms with van der Waals surface area (Å²) in [6.07, 6.45) is -5.10. The number of anilines is 1. The van der Waals surface area contributed by atoms with Crippen LogP contribution in [0.1, 0.15) is 35.5 Å². The molecule has 0 fully saturated rings. The molecule has 0 aliphatic heterocycles. The number of nitrogens with zero attached hydrogens (tertiary/aromatic N) is 3. The van der Waals surface area contributed by atoms with Gasteiger partial charge in [-0.05, 0) is 32.0 Å². The predicted molar refractivity (Wildman–Crippen MR) is 97.5 cm³/mol. The summed E-state index contributed by atoms with van der Waals surface area (Å²) in [6.45, 7) is 3.51. The van der Waals surface area contributed by atoms with Crippen molar-refractivity contribution in [1.82, 2.24) is 9.36 Å². The molecule has 1 aromatic carbocycles. The Labute approximate surface area is 166 Å². The SMILES string of the molecule is CC(C)Oc1nsc(NC(=O)c2cc(-c3cccc(C#N)c3)oc2C(F)(F)F)n1. The third-order valence-electron chi connectivity index (χ3n) is 3.48. The number of aromatic nitrogens is 2. The number of halogens is 3. The third-order valence-corrected chi connectivity index (χ3v) is 4.09. The second-order valence-corrected chi connectivity index (χ2v) is 6.80. The summed E-state index contributed by atoms with van der Waals surface area (Å²) in [5, 5.41) is 11.2. The average Bonchev–Trinajstić information content (AvgIpc) is 3.28. The monoisotopic (exact) mass is 422 g/mol. The number of ether oxygens (including phenoxy) is 1. The highest BCUT2D eigenvalue weighted by molar-refractivity contribution is 7.10. The van der Waals surface area contributed by atoms with Crippen molar-refractivity contribution < 1.29 is 27.1 Å². The quantitative estimate of drug-likeness (QED) is 0.638. The zero-order valence-electron chi connectivity index (χ0n) is 15.1. The van der Waals surface area contributed by atoms with Gasteiger partial charge in [0, 0.05) is 17.1 Å². The molecule has 0 aliphatic rings. The molecular weight excluding hydrogens is 409 g/mol. The Kier molecular flexibility index (Phi) is 5.56. The minimum absolute atomic E-state index is 0.0116. The van der Waals surface area contributed by atoms with Gasteiger partial charge >= 0.3 is 12.2 Å². The van der Waals surface area contributed by atoms with Gasteiger partial charge in [0.2, 0.25) is 10.9 Å². The normalized spacial score (nSPS) is 11.3. The molecule has 1 amide bonds. The summed E-state index contributed by atoms with van der Waals surface area (Å²) in [6, 6.07) is 8.71. The molecular formula is C18H13F3N4O3S. The van der Waals surface area contributed by atoms with Crippen LogP contribution in [0, 0.1) is 11.3 Å². The van der Waals surface area contributed by atoms with E-state index in [1.807, 2.05) is 6.07 Å². The number of benzene rings is 1. The van der Waals surface area contributed by atoms with Crippen LogP contribution in [0.5, 0.6) is 6.01 Å². The maximum absolute atomic E-state index is 13.4. The van der Waals surface area contributed by atoms with Crippen LogP contribution in [0.3, 0.4) is 0 Å². The van der Waals surface area contributed by atoms with Crippen LogP contribution in [0.15, 0.2) is 34.7 Å². The Bertz CT molecular complexity index is 1080. The molecule has 0 spiro atoms. The van der Waals surface area contributed by atoms with E-state index in [1.165, 1.54) is 24.3 Å². The van der Waals surface area contributed by atoms with Crippen molar-refractivity contribution in [1.29, 1.82) is 5.26 Å². The molecule has 0 atom stereocenters. The number of nitriles is 1. The summed E-state index contributed by atoms with van der Waals surface area (Å²) < 4.78 is 54.2. The smallest absolute Gasteiger partial charge is 0.450 e. The van der Waals surface area contributed by atoms with Crippen molar-refractivity contribution in [2.24, 2.45) is 0 Å². The summed E-state index contributed by atoms with van der Waals surface area (Å²) in [7, 11) is 0. The van der Waals surface area contributed by atoms with E-state index >= 15 is 0 Å².